The molecule has 6 heteroatoms. The average Bonchev–Trinajstić information content (AvgIpc) is 2.65. The van der Waals surface area contributed by atoms with E-state index < -0.39 is 11.7 Å². The van der Waals surface area contributed by atoms with Crippen molar-refractivity contribution in [3.8, 4) is 0 Å². The van der Waals surface area contributed by atoms with Crippen LogP contribution in [-0.2, 0) is 0 Å². The SMILES string of the molecule is CN1CCN([C@H](CNC(=O)c2ccccc2F)c2ccc(Cl)cc2)CC1. The molecule has 0 unspecified atom stereocenters. The van der Waals surface area contributed by atoms with Gasteiger partial charge in [-0.25, -0.2) is 4.39 Å². The molecule has 1 N–H and O–H groups in total. The second-order valence-corrected chi connectivity index (χ2v) is 7.03. The maximum absolute atomic E-state index is 13.8. The van der Waals surface area contributed by atoms with Gasteiger partial charge in [-0.15, -0.1) is 0 Å². The number of carbonyl (C=O) groups excluding carboxylic acids is 1. The molecular weight excluding hydrogens is 353 g/mol. The first-order chi connectivity index (χ1) is 12.5. The Morgan fingerprint density at radius 1 is 1.12 bits per heavy atom. The van der Waals surface area contributed by atoms with Crippen LogP contribution in [0.15, 0.2) is 48.5 Å². The lowest BCUT2D eigenvalue weighted by atomic mass is 10.0. The third-order valence-electron chi connectivity index (χ3n) is 4.81. The fourth-order valence-corrected chi connectivity index (χ4v) is 3.33. The molecule has 26 heavy (non-hydrogen) atoms. The molecule has 0 spiro atoms. The van der Waals surface area contributed by atoms with Gasteiger partial charge in [0.05, 0.1) is 11.6 Å². The molecule has 1 saturated heterocycles. The molecule has 4 nitrogen and oxygen atoms in total. The number of hydrogen-bond acceptors (Lipinski definition) is 3. The van der Waals surface area contributed by atoms with E-state index >= 15 is 0 Å². The number of piperazine rings is 1. The Morgan fingerprint density at radius 3 is 2.42 bits per heavy atom. The highest BCUT2D eigenvalue weighted by Gasteiger charge is 2.25. The normalized spacial score (nSPS) is 17.0. The number of carbonyl (C=O) groups is 1. The molecule has 0 bridgehead atoms. The number of amides is 1. The van der Waals surface area contributed by atoms with Crippen LogP contribution in [0.1, 0.15) is 22.0 Å². The number of nitrogens with one attached hydrogen (secondary N) is 1. The lowest BCUT2D eigenvalue weighted by Crippen LogP contribution is -2.48. The van der Waals surface area contributed by atoms with Gasteiger partial charge in [0.15, 0.2) is 0 Å². The number of likely N-dealkylation sites (N-methyl/N-ethyl adjacent to an activating group) is 1. The van der Waals surface area contributed by atoms with Gasteiger partial charge in [0.1, 0.15) is 5.82 Å². The van der Waals surface area contributed by atoms with E-state index in [4.69, 9.17) is 11.6 Å². The smallest absolute Gasteiger partial charge is 0.254 e. The molecule has 3 rings (SSSR count). The molecule has 1 amide bonds. The van der Waals surface area contributed by atoms with Gasteiger partial charge in [0, 0.05) is 37.7 Å². The van der Waals surface area contributed by atoms with Crippen molar-refractivity contribution in [2.24, 2.45) is 0 Å². The molecule has 2 aromatic carbocycles. The number of benzene rings is 2. The largest absolute Gasteiger partial charge is 0.350 e. The van der Waals surface area contributed by atoms with E-state index in [0.717, 1.165) is 31.7 Å². The molecule has 2 aromatic rings. The van der Waals surface area contributed by atoms with Gasteiger partial charge in [-0.05, 0) is 36.9 Å². The third kappa shape index (κ3) is 4.61. The van der Waals surface area contributed by atoms with Crippen LogP contribution in [0.5, 0.6) is 0 Å². The van der Waals surface area contributed by atoms with Crippen LogP contribution in [0.25, 0.3) is 0 Å². The summed E-state index contributed by atoms with van der Waals surface area (Å²) in [5.74, 6) is -0.899. The summed E-state index contributed by atoms with van der Waals surface area (Å²) in [6, 6.07) is 13.8. The Morgan fingerprint density at radius 2 is 1.77 bits per heavy atom. The van der Waals surface area contributed by atoms with Crippen molar-refractivity contribution in [2.45, 2.75) is 6.04 Å². The summed E-state index contributed by atoms with van der Waals surface area (Å²) >= 11 is 6.01. The van der Waals surface area contributed by atoms with Gasteiger partial charge >= 0.3 is 0 Å². The molecule has 1 atom stereocenters. The zero-order valence-corrected chi connectivity index (χ0v) is 15.5. The van der Waals surface area contributed by atoms with E-state index in [1.807, 2.05) is 24.3 Å². The molecule has 1 heterocycles. The standard InChI is InChI=1S/C20H23ClFN3O/c1-24-10-12-25(13-11-24)19(15-6-8-16(21)9-7-15)14-23-20(26)17-4-2-3-5-18(17)22/h2-9,19H,10-14H2,1H3,(H,23,26)/t19-/m1/s1. The minimum Gasteiger partial charge on any atom is -0.350 e. The maximum atomic E-state index is 13.8. The Bertz CT molecular complexity index is 745. The number of hydrogen-bond donors (Lipinski definition) is 1. The van der Waals surface area contributed by atoms with E-state index in [-0.39, 0.29) is 11.6 Å². The summed E-state index contributed by atoms with van der Waals surface area (Å²) in [7, 11) is 2.11. The predicted molar refractivity (Wildman–Crippen MR) is 102 cm³/mol. The highest BCUT2D eigenvalue weighted by atomic mass is 35.5. The number of nitrogens with zero attached hydrogens (tertiary/aromatic N) is 2. The van der Waals surface area contributed by atoms with Crippen molar-refractivity contribution < 1.29 is 9.18 Å². The fourth-order valence-electron chi connectivity index (χ4n) is 3.21. The zero-order chi connectivity index (χ0) is 18.5. The lowest BCUT2D eigenvalue weighted by Gasteiger charge is -2.38. The van der Waals surface area contributed by atoms with Crippen LogP contribution in [0.2, 0.25) is 5.02 Å². The van der Waals surface area contributed by atoms with Crippen molar-refractivity contribution in [3.05, 3.63) is 70.5 Å². The molecule has 1 fully saturated rings. The maximum Gasteiger partial charge on any atom is 0.254 e. The van der Waals surface area contributed by atoms with Gasteiger partial charge in [-0.2, -0.15) is 0 Å². The minimum absolute atomic E-state index is 0.0247. The van der Waals surface area contributed by atoms with Crippen LogP contribution >= 0.6 is 11.6 Å². The summed E-state index contributed by atoms with van der Waals surface area (Å²) in [5, 5.41) is 3.58. The number of halogens is 2. The van der Waals surface area contributed by atoms with Gasteiger partial charge in [-0.3, -0.25) is 9.69 Å². The van der Waals surface area contributed by atoms with E-state index in [0.29, 0.717) is 11.6 Å². The van der Waals surface area contributed by atoms with Gasteiger partial charge in [0.25, 0.3) is 5.91 Å². The van der Waals surface area contributed by atoms with Gasteiger partial charge in [0.2, 0.25) is 0 Å². The molecular formula is C20H23ClFN3O. The highest BCUT2D eigenvalue weighted by molar-refractivity contribution is 6.30. The number of rotatable bonds is 5. The molecule has 1 aliphatic rings. The van der Waals surface area contributed by atoms with Crippen molar-refractivity contribution in [3.63, 3.8) is 0 Å². The van der Waals surface area contributed by atoms with Crippen molar-refractivity contribution in [2.75, 3.05) is 39.8 Å². The van der Waals surface area contributed by atoms with Crippen LogP contribution in [-0.4, -0.2) is 55.5 Å². The summed E-state index contributed by atoms with van der Waals surface area (Å²) in [6.45, 7) is 4.20. The second-order valence-electron chi connectivity index (χ2n) is 6.60. The summed E-state index contributed by atoms with van der Waals surface area (Å²) < 4.78 is 13.8. The lowest BCUT2D eigenvalue weighted by molar-refractivity contribution is 0.0883. The molecule has 1 aliphatic heterocycles. The molecule has 0 aromatic heterocycles. The first-order valence-corrected chi connectivity index (χ1v) is 9.13. The first-order valence-electron chi connectivity index (χ1n) is 8.75. The summed E-state index contributed by atoms with van der Waals surface area (Å²) in [5.41, 5.74) is 1.16. The fraction of sp³-hybridized carbons (Fsp3) is 0.350. The first kappa shape index (κ1) is 18.8. The van der Waals surface area contributed by atoms with Crippen molar-refractivity contribution in [1.29, 1.82) is 0 Å². The average molecular weight is 376 g/mol. The Balaban J connectivity index is 1.74. The van der Waals surface area contributed by atoms with Crippen molar-refractivity contribution >= 4 is 17.5 Å². The highest BCUT2D eigenvalue weighted by Crippen LogP contribution is 2.23. The van der Waals surface area contributed by atoms with Crippen LogP contribution in [0.4, 0.5) is 4.39 Å². The molecule has 138 valence electrons. The third-order valence-corrected chi connectivity index (χ3v) is 5.06. The Hall–Kier alpha value is -1.95. The van der Waals surface area contributed by atoms with Crippen LogP contribution in [0.3, 0.4) is 0 Å². The van der Waals surface area contributed by atoms with Crippen LogP contribution < -0.4 is 5.32 Å². The monoisotopic (exact) mass is 375 g/mol. The van der Waals surface area contributed by atoms with Crippen molar-refractivity contribution in [1.82, 2.24) is 15.1 Å². The molecule has 0 saturated carbocycles. The topological polar surface area (TPSA) is 35.6 Å². The van der Waals surface area contributed by atoms with Crippen LogP contribution in [0, 0.1) is 5.82 Å². The second kappa shape index (κ2) is 8.62. The quantitative estimate of drug-likeness (QED) is 0.871. The summed E-state index contributed by atoms with van der Waals surface area (Å²) in [4.78, 5) is 17.0. The molecule has 0 aliphatic carbocycles. The zero-order valence-electron chi connectivity index (χ0n) is 14.8. The Kier molecular flexibility index (Phi) is 6.25. The van der Waals surface area contributed by atoms with Gasteiger partial charge in [-0.1, -0.05) is 35.9 Å². The minimum atomic E-state index is -0.507. The summed E-state index contributed by atoms with van der Waals surface area (Å²) in [6.07, 6.45) is 0. The van der Waals surface area contributed by atoms with E-state index in [2.05, 4.69) is 22.2 Å². The van der Waals surface area contributed by atoms with E-state index in [1.165, 1.54) is 12.1 Å². The van der Waals surface area contributed by atoms with E-state index in [1.54, 1.807) is 12.1 Å². The molecule has 0 radical (unpaired) electrons. The van der Waals surface area contributed by atoms with E-state index in [9.17, 15) is 9.18 Å². The predicted octanol–water partition coefficient (Wildman–Crippen LogP) is 3.20. The van der Waals surface area contributed by atoms with Gasteiger partial charge < -0.3 is 10.2 Å². The Labute approximate surface area is 158 Å².